The number of nitro benzene ring substituents is 1. The van der Waals surface area contributed by atoms with Crippen LogP contribution in [0.5, 0.6) is 5.75 Å². The van der Waals surface area contributed by atoms with Crippen LogP contribution < -0.4 is 4.74 Å². The number of benzene rings is 1. The minimum absolute atomic E-state index is 0.0225. The van der Waals surface area contributed by atoms with Crippen molar-refractivity contribution in [3.8, 4) is 17.1 Å². The van der Waals surface area contributed by atoms with Crippen molar-refractivity contribution >= 4 is 21.6 Å². The molecule has 0 aliphatic heterocycles. The fourth-order valence-corrected chi connectivity index (χ4v) is 2.09. The molecule has 0 radical (unpaired) electrons. The molecule has 100 valence electrons. The summed E-state index contributed by atoms with van der Waals surface area (Å²) in [6, 6.07) is 6.42. The summed E-state index contributed by atoms with van der Waals surface area (Å²) in [6.45, 7) is 2.54. The fraction of sp³-hybridized carbons (Fsp3) is 0.231. The van der Waals surface area contributed by atoms with E-state index in [1.54, 1.807) is 18.2 Å². The maximum absolute atomic E-state index is 11.1. The Kier molecular flexibility index (Phi) is 4.21. The van der Waals surface area contributed by atoms with Gasteiger partial charge in [0.25, 0.3) is 5.69 Å². The molecular formula is C13H12BrNO4. The molecule has 5 nitrogen and oxygen atoms in total. The van der Waals surface area contributed by atoms with Crippen LogP contribution in [0.2, 0.25) is 0 Å². The summed E-state index contributed by atoms with van der Waals surface area (Å²) in [7, 11) is 0. The normalized spacial score (nSPS) is 10.4. The van der Waals surface area contributed by atoms with Gasteiger partial charge in [0.2, 0.25) is 0 Å². The lowest BCUT2D eigenvalue weighted by atomic mass is 10.1. The van der Waals surface area contributed by atoms with Crippen LogP contribution in [0.1, 0.15) is 13.3 Å². The van der Waals surface area contributed by atoms with Crippen LogP contribution in [-0.2, 0) is 0 Å². The van der Waals surface area contributed by atoms with E-state index < -0.39 is 4.92 Å². The van der Waals surface area contributed by atoms with Gasteiger partial charge in [-0.15, -0.1) is 0 Å². The topological polar surface area (TPSA) is 65.5 Å². The molecule has 0 amide bonds. The zero-order valence-electron chi connectivity index (χ0n) is 10.3. The van der Waals surface area contributed by atoms with Gasteiger partial charge in [0.15, 0.2) is 0 Å². The lowest BCUT2D eigenvalue weighted by molar-refractivity contribution is -0.384. The van der Waals surface area contributed by atoms with E-state index in [0.29, 0.717) is 28.2 Å². The summed E-state index contributed by atoms with van der Waals surface area (Å²) in [5, 5.41) is 11.1. The molecule has 0 fully saturated rings. The summed E-state index contributed by atoms with van der Waals surface area (Å²) in [6.07, 6.45) is 2.34. The SMILES string of the molecule is CCCOc1cc(-c2ccco2)c([N+](=O)[O-])cc1Br. The first-order valence-electron chi connectivity index (χ1n) is 5.78. The number of ether oxygens (including phenoxy) is 1. The molecular weight excluding hydrogens is 314 g/mol. The molecule has 0 aliphatic rings. The number of nitrogens with zero attached hydrogens (tertiary/aromatic N) is 1. The highest BCUT2D eigenvalue weighted by Gasteiger charge is 2.21. The summed E-state index contributed by atoms with van der Waals surface area (Å²) < 4.78 is 11.3. The third kappa shape index (κ3) is 2.96. The van der Waals surface area contributed by atoms with E-state index in [0.717, 1.165) is 6.42 Å². The Hall–Kier alpha value is -1.82. The fourth-order valence-electron chi connectivity index (χ4n) is 1.65. The number of nitro groups is 1. The van der Waals surface area contributed by atoms with Gasteiger partial charge in [0, 0.05) is 6.07 Å². The van der Waals surface area contributed by atoms with Gasteiger partial charge >= 0.3 is 0 Å². The zero-order chi connectivity index (χ0) is 13.8. The van der Waals surface area contributed by atoms with Crippen LogP contribution in [0.25, 0.3) is 11.3 Å². The van der Waals surface area contributed by atoms with Crippen molar-refractivity contribution in [3.05, 3.63) is 45.1 Å². The predicted octanol–water partition coefficient (Wildman–Crippen LogP) is 4.41. The van der Waals surface area contributed by atoms with E-state index in [1.807, 2.05) is 6.92 Å². The molecule has 0 atom stereocenters. The third-order valence-electron chi connectivity index (χ3n) is 2.50. The van der Waals surface area contributed by atoms with Gasteiger partial charge in [-0.1, -0.05) is 6.92 Å². The van der Waals surface area contributed by atoms with Crippen LogP contribution in [0.4, 0.5) is 5.69 Å². The second-order valence-corrected chi connectivity index (χ2v) is 4.74. The maximum atomic E-state index is 11.1. The second kappa shape index (κ2) is 5.88. The largest absolute Gasteiger partial charge is 0.492 e. The first-order chi connectivity index (χ1) is 9.13. The van der Waals surface area contributed by atoms with E-state index in [4.69, 9.17) is 9.15 Å². The molecule has 19 heavy (non-hydrogen) atoms. The number of furan rings is 1. The predicted molar refractivity (Wildman–Crippen MR) is 74.3 cm³/mol. The van der Waals surface area contributed by atoms with E-state index >= 15 is 0 Å². The summed E-state index contributed by atoms with van der Waals surface area (Å²) in [5.74, 6) is 1.01. The summed E-state index contributed by atoms with van der Waals surface area (Å²) in [5.41, 5.74) is 0.384. The van der Waals surface area contributed by atoms with Crippen molar-refractivity contribution < 1.29 is 14.1 Å². The number of halogens is 1. The van der Waals surface area contributed by atoms with Gasteiger partial charge in [0.05, 0.1) is 27.8 Å². The molecule has 0 N–H and O–H groups in total. The van der Waals surface area contributed by atoms with Crippen LogP contribution in [0.3, 0.4) is 0 Å². The van der Waals surface area contributed by atoms with Gasteiger partial charge in [-0.25, -0.2) is 0 Å². The van der Waals surface area contributed by atoms with E-state index in [1.165, 1.54) is 12.3 Å². The van der Waals surface area contributed by atoms with Crippen molar-refractivity contribution in [2.45, 2.75) is 13.3 Å². The lowest BCUT2D eigenvalue weighted by Crippen LogP contribution is -1.98. The molecule has 2 aromatic rings. The van der Waals surface area contributed by atoms with Gasteiger partial charge in [-0.2, -0.15) is 0 Å². The molecule has 2 rings (SSSR count). The summed E-state index contributed by atoms with van der Waals surface area (Å²) in [4.78, 5) is 10.7. The Labute approximate surface area is 118 Å². The smallest absolute Gasteiger partial charge is 0.281 e. The highest BCUT2D eigenvalue weighted by Crippen LogP contribution is 2.38. The van der Waals surface area contributed by atoms with Gasteiger partial charge in [-0.3, -0.25) is 10.1 Å². The molecule has 0 spiro atoms. The molecule has 0 bridgehead atoms. The van der Waals surface area contributed by atoms with Gasteiger partial charge in [-0.05, 0) is 40.5 Å². The quantitative estimate of drug-likeness (QED) is 0.603. The zero-order valence-corrected chi connectivity index (χ0v) is 11.8. The Balaban J connectivity index is 2.51. The monoisotopic (exact) mass is 325 g/mol. The highest BCUT2D eigenvalue weighted by atomic mass is 79.9. The average molecular weight is 326 g/mol. The standard InChI is InChI=1S/C13H12BrNO4/c1-2-5-18-13-7-9(12-4-3-6-19-12)11(15(16)17)8-10(13)14/h3-4,6-8H,2,5H2,1H3. The Morgan fingerprint density at radius 3 is 2.84 bits per heavy atom. The first kappa shape index (κ1) is 13.6. The average Bonchev–Trinajstić information content (AvgIpc) is 2.90. The molecule has 1 aromatic carbocycles. The van der Waals surface area contributed by atoms with Crippen LogP contribution in [0.15, 0.2) is 39.4 Å². The summed E-state index contributed by atoms with van der Waals surface area (Å²) >= 11 is 3.28. The first-order valence-corrected chi connectivity index (χ1v) is 6.57. The van der Waals surface area contributed by atoms with Crippen molar-refractivity contribution in [2.75, 3.05) is 6.61 Å². The van der Waals surface area contributed by atoms with Crippen molar-refractivity contribution in [1.29, 1.82) is 0 Å². The molecule has 0 unspecified atom stereocenters. The Morgan fingerprint density at radius 2 is 2.26 bits per heavy atom. The third-order valence-corrected chi connectivity index (χ3v) is 3.11. The maximum Gasteiger partial charge on any atom is 0.281 e. The van der Waals surface area contributed by atoms with Crippen molar-refractivity contribution in [3.63, 3.8) is 0 Å². The molecule has 0 aliphatic carbocycles. The second-order valence-electron chi connectivity index (χ2n) is 3.88. The van der Waals surface area contributed by atoms with Crippen molar-refractivity contribution in [1.82, 2.24) is 0 Å². The molecule has 0 saturated carbocycles. The van der Waals surface area contributed by atoms with Crippen LogP contribution in [-0.4, -0.2) is 11.5 Å². The molecule has 1 aromatic heterocycles. The van der Waals surface area contributed by atoms with Gasteiger partial charge in [0.1, 0.15) is 11.5 Å². The highest BCUT2D eigenvalue weighted by molar-refractivity contribution is 9.10. The Morgan fingerprint density at radius 1 is 1.47 bits per heavy atom. The van der Waals surface area contributed by atoms with Crippen LogP contribution in [0, 0.1) is 10.1 Å². The molecule has 6 heteroatoms. The van der Waals surface area contributed by atoms with Crippen molar-refractivity contribution in [2.24, 2.45) is 0 Å². The number of rotatable bonds is 5. The van der Waals surface area contributed by atoms with E-state index in [9.17, 15) is 10.1 Å². The number of hydrogen-bond acceptors (Lipinski definition) is 4. The minimum Gasteiger partial charge on any atom is -0.492 e. The Bertz CT molecular complexity index is 581. The van der Waals surface area contributed by atoms with E-state index in [-0.39, 0.29) is 5.69 Å². The molecule has 1 heterocycles. The lowest BCUT2D eigenvalue weighted by Gasteiger charge is -2.09. The van der Waals surface area contributed by atoms with Crippen LogP contribution >= 0.6 is 15.9 Å². The molecule has 0 saturated heterocycles. The van der Waals surface area contributed by atoms with Gasteiger partial charge < -0.3 is 9.15 Å². The van der Waals surface area contributed by atoms with E-state index in [2.05, 4.69) is 15.9 Å². The number of hydrogen-bond donors (Lipinski definition) is 0. The minimum atomic E-state index is -0.438.